The Kier molecular flexibility index (Phi) is 3.65. The van der Waals surface area contributed by atoms with Crippen molar-refractivity contribution >= 4 is 11.7 Å². The molecule has 1 aromatic carbocycles. The third-order valence-corrected chi connectivity index (χ3v) is 3.31. The summed E-state index contributed by atoms with van der Waals surface area (Å²) >= 11 is 0. The molecular formula is C14H15N5O2. The summed E-state index contributed by atoms with van der Waals surface area (Å²) in [6, 6.07) is 10.8. The van der Waals surface area contributed by atoms with Crippen LogP contribution in [0.3, 0.4) is 0 Å². The Bertz CT molecular complexity index is 644. The Balaban J connectivity index is 1.76. The first-order valence-electron chi connectivity index (χ1n) is 6.61. The topological polar surface area (TPSA) is 102 Å². The number of nitrogens with zero attached hydrogens (tertiary/aromatic N) is 2. The number of fused-ring (bicyclic) bond motifs is 1. The third-order valence-electron chi connectivity index (χ3n) is 3.31. The number of anilines is 1. The maximum atomic E-state index is 12.2. The largest absolute Gasteiger partial charge is 0.493 e. The Labute approximate surface area is 121 Å². The lowest BCUT2D eigenvalue weighted by molar-refractivity contribution is 0.0918. The molecule has 3 rings (SSSR count). The molecule has 108 valence electrons. The van der Waals surface area contributed by atoms with Gasteiger partial charge in [-0.05, 0) is 18.2 Å². The number of nitrogens with one attached hydrogen (secondary N) is 2. The molecule has 2 heterocycles. The molecule has 7 heteroatoms. The van der Waals surface area contributed by atoms with Gasteiger partial charge < -0.3 is 15.5 Å². The summed E-state index contributed by atoms with van der Waals surface area (Å²) < 4.78 is 5.57. The van der Waals surface area contributed by atoms with E-state index in [0.29, 0.717) is 12.4 Å². The number of hydrogen-bond acceptors (Lipinski definition) is 6. The number of amides is 1. The van der Waals surface area contributed by atoms with Crippen LogP contribution in [0.25, 0.3) is 0 Å². The highest BCUT2D eigenvalue weighted by Gasteiger charge is 2.23. The van der Waals surface area contributed by atoms with Gasteiger partial charge in [-0.3, -0.25) is 4.79 Å². The van der Waals surface area contributed by atoms with Crippen molar-refractivity contribution in [1.82, 2.24) is 15.5 Å². The van der Waals surface area contributed by atoms with Crippen LogP contribution in [-0.2, 0) is 0 Å². The summed E-state index contributed by atoms with van der Waals surface area (Å²) in [6.45, 7) is 0.573. The van der Waals surface area contributed by atoms with Crippen LogP contribution in [0, 0.1) is 0 Å². The average Bonchev–Trinajstić information content (AvgIpc) is 2.55. The van der Waals surface area contributed by atoms with E-state index in [1.165, 1.54) is 0 Å². The Hall–Kier alpha value is -2.67. The zero-order chi connectivity index (χ0) is 14.7. The van der Waals surface area contributed by atoms with Crippen molar-refractivity contribution in [3.05, 3.63) is 47.7 Å². The van der Waals surface area contributed by atoms with Gasteiger partial charge in [0, 0.05) is 12.0 Å². The zero-order valence-electron chi connectivity index (χ0n) is 11.2. The molecular weight excluding hydrogens is 270 g/mol. The molecule has 1 aliphatic heterocycles. The Morgan fingerprint density at radius 1 is 1.24 bits per heavy atom. The van der Waals surface area contributed by atoms with Gasteiger partial charge in [-0.15, -0.1) is 10.2 Å². The van der Waals surface area contributed by atoms with E-state index < -0.39 is 0 Å². The molecule has 0 fully saturated rings. The molecule has 0 aliphatic carbocycles. The predicted molar refractivity (Wildman–Crippen MR) is 76.6 cm³/mol. The Morgan fingerprint density at radius 2 is 2.10 bits per heavy atom. The smallest absolute Gasteiger partial charge is 0.272 e. The minimum absolute atomic E-state index is 0.0865. The first kappa shape index (κ1) is 13.3. The highest BCUT2D eigenvalue weighted by Crippen LogP contribution is 2.31. The van der Waals surface area contributed by atoms with E-state index in [4.69, 9.17) is 10.6 Å². The number of hydrazine groups is 1. The molecule has 0 saturated carbocycles. The number of carbonyl (C=O) groups is 1. The highest BCUT2D eigenvalue weighted by molar-refractivity contribution is 5.92. The summed E-state index contributed by atoms with van der Waals surface area (Å²) in [4.78, 5) is 12.2. The molecule has 1 unspecified atom stereocenters. The molecule has 0 saturated heterocycles. The van der Waals surface area contributed by atoms with E-state index in [1.54, 1.807) is 12.1 Å². The minimum Gasteiger partial charge on any atom is -0.493 e. The first-order valence-corrected chi connectivity index (χ1v) is 6.61. The van der Waals surface area contributed by atoms with Gasteiger partial charge in [0.2, 0.25) is 0 Å². The SMILES string of the molecule is NNc1ccc(C(=O)NC2CCOc3ccccc32)nn1. The molecule has 4 N–H and O–H groups in total. The molecule has 0 bridgehead atoms. The van der Waals surface area contributed by atoms with Crippen LogP contribution >= 0.6 is 0 Å². The van der Waals surface area contributed by atoms with Gasteiger partial charge in [0.15, 0.2) is 11.5 Å². The summed E-state index contributed by atoms with van der Waals surface area (Å²) in [7, 11) is 0. The summed E-state index contributed by atoms with van der Waals surface area (Å²) in [6.07, 6.45) is 0.721. The number of hydrogen-bond donors (Lipinski definition) is 3. The normalized spacial score (nSPS) is 16.5. The van der Waals surface area contributed by atoms with Crippen molar-refractivity contribution in [2.24, 2.45) is 5.84 Å². The third kappa shape index (κ3) is 2.77. The van der Waals surface area contributed by atoms with Crippen LogP contribution in [-0.4, -0.2) is 22.7 Å². The molecule has 1 atom stereocenters. The van der Waals surface area contributed by atoms with Crippen molar-refractivity contribution in [2.45, 2.75) is 12.5 Å². The second kappa shape index (κ2) is 5.76. The number of nitrogens with two attached hydrogens (primary N) is 1. The lowest BCUT2D eigenvalue weighted by atomic mass is 10.0. The van der Waals surface area contributed by atoms with Crippen LogP contribution in [0.4, 0.5) is 5.82 Å². The molecule has 21 heavy (non-hydrogen) atoms. The van der Waals surface area contributed by atoms with Crippen molar-refractivity contribution in [2.75, 3.05) is 12.0 Å². The summed E-state index contributed by atoms with van der Waals surface area (Å²) in [5.41, 5.74) is 3.59. The molecule has 0 radical (unpaired) electrons. The van der Waals surface area contributed by atoms with Crippen LogP contribution < -0.4 is 21.3 Å². The lowest BCUT2D eigenvalue weighted by Crippen LogP contribution is -2.32. The number of benzene rings is 1. The number of ether oxygens (including phenoxy) is 1. The van der Waals surface area contributed by atoms with Gasteiger partial charge in [0.1, 0.15) is 5.75 Å². The predicted octanol–water partition coefficient (Wildman–Crippen LogP) is 1.02. The highest BCUT2D eigenvalue weighted by atomic mass is 16.5. The monoisotopic (exact) mass is 285 g/mol. The standard InChI is InChI=1S/C14H15N5O2/c15-17-13-6-5-11(18-19-13)14(20)16-10-7-8-21-12-4-2-1-3-9(10)12/h1-6,10H,7-8,15H2,(H,16,20)(H,17,19). The summed E-state index contributed by atoms with van der Waals surface area (Å²) in [5.74, 6) is 6.15. The van der Waals surface area contributed by atoms with Crippen LogP contribution in [0.1, 0.15) is 28.5 Å². The van der Waals surface area contributed by atoms with Crippen LogP contribution in [0.15, 0.2) is 36.4 Å². The van der Waals surface area contributed by atoms with Gasteiger partial charge >= 0.3 is 0 Å². The zero-order valence-corrected chi connectivity index (χ0v) is 11.2. The minimum atomic E-state index is -0.271. The maximum absolute atomic E-state index is 12.2. The van der Waals surface area contributed by atoms with E-state index in [9.17, 15) is 4.79 Å². The van der Waals surface area contributed by atoms with Crippen molar-refractivity contribution in [3.8, 4) is 5.75 Å². The van der Waals surface area contributed by atoms with E-state index >= 15 is 0 Å². The number of carbonyl (C=O) groups excluding carboxylic acids is 1. The first-order chi connectivity index (χ1) is 10.3. The van der Waals surface area contributed by atoms with E-state index in [2.05, 4.69) is 20.9 Å². The fourth-order valence-electron chi connectivity index (χ4n) is 2.25. The van der Waals surface area contributed by atoms with E-state index in [0.717, 1.165) is 17.7 Å². The van der Waals surface area contributed by atoms with Crippen LogP contribution in [0.2, 0.25) is 0 Å². The molecule has 1 amide bonds. The molecule has 7 nitrogen and oxygen atoms in total. The fraction of sp³-hybridized carbons (Fsp3) is 0.214. The van der Waals surface area contributed by atoms with Crippen LogP contribution in [0.5, 0.6) is 5.75 Å². The molecule has 0 spiro atoms. The van der Waals surface area contributed by atoms with Crippen molar-refractivity contribution in [3.63, 3.8) is 0 Å². The van der Waals surface area contributed by atoms with E-state index in [1.807, 2.05) is 24.3 Å². The van der Waals surface area contributed by atoms with Gasteiger partial charge in [0.25, 0.3) is 5.91 Å². The number of para-hydroxylation sites is 1. The maximum Gasteiger partial charge on any atom is 0.272 e. The molecule has 2 aromatic rings. The van der Waals surface area contributed by atoms with Gasteiger partial charge in [-0.1, -0.05) is 18.2 Å². The quantitative estimate of drug-likeness (QED) is 0.574. The Morgan fingerprint density at radius 3 is 2.86 bits per heavy atom. The number of aromatic nitrogens is 2. The average molecular weight is 285 g/mol. The molecule has 1 aromatic heterocycles. The second-order valence-corrected chi connectivity index (χ2v) is 4.65. The second-order valence-electron chi connectivity index (χ2n) is 4.65. The van der Waals surface area contributed by atoms with Crippen molar-refractivity contribution < 1.29 is 9.53 Å². The molecule has 1 aliphatic rings. The fourth-order valence-corrected chi connectivity index (χ4v) is 2.25. The lowest BCUT2D eigenvalue weighted by Gasteiger charge is -2.26. The number of rotatable bonds is 3. The van der Waals surface area contributed by atoms with E-state index in [-0.39, 0.29) is 17.6 Å². The van der Waals surface area contributed by atoms with Gasteiger partial charge in [0.05, 0.1) is 12.6 Å². The summed E-state index contributed by atoms with van der Waals surface area (Å²) in [5, 5.41) is 10.6. The number of nitrogen functional groups attached to an aromatic ring is 1. The van der Waals surface area contributed by atoms with Gasteiger partial charge in [-0.2, -0.15) is 0 Å². The van der Waals surface area contributed by atoms with Crippen molar-refractivity contribution in [1.29, 1.82) is 0 Å². The van der Waals surface area contributed by atoms with Gasteiger partial charge in [-0.25, -0.2) is 5.84 Å².